The van der Waals surface area contributed by atoms with E-state index in [0.717, 1.165) is 0 Å². The first-order valence-corrected chi connectivity index (χ1v) is 3.76. The van der Waals surface area contributed by atoms with E-state index in [1.54, 1.807) is 18.3 Å². The van der Waals surface area contributed by atoms with E-state index in [2.05, 4.69) is 9.97 Å². The van der Waals surface area contributed by atoms with Crippen molar-refractivity contribution in [3.8, 4) is 5.88 Å². The van der Waals surface area contributed by atoms with Crippen molar-refractivity contribution in [2.24, 2.45) is 0 Å². The zero-order valence-corrected chi connectivity index (χ0v) is 6.99. The Hall–Kier alpha value is -1.71. The van der Waals surface area contributed by atoms with Gasteiger partial charge < -0.3 is 4.74 Å². The Labute approximate surface area is 74.2 Å². The molecule has 0 atom stereocenters. The summed E-state index contributed by atoms with van der Waals surface area (Å²) in [6, 6.07) is 4.80. The second-order valence-corrected chi connectivity index (χ2v) is 2.52. The number of aromatic nitrogens is 2. The highest BCUT2D eigenvalue weighted by Crippen LogP contribution is 2.18. The molecule has 2 rings (SSSR count). The van der Waals surface area contributed by atoms with Gasteiger partial charge in [-0.25, -0.2) is 9.37 Å². The lowest BCUT2D eigenvalue weighted by atomic mass is 10.3. The van der Waals surface area contributed by atoms with Gasteiger partial charge in [0.15, 0.2) is 5.82 Å². The number of fused-ring (bicyclic) bond motifs is 1. The van der Waals surface area contributed by atoms with Gasteiger partial charge in [-0.05, 0) is 12.1 Å². The van der Waals surface area contributed by atoms with Gasteiger partial charge in [0.2, 0.25) is 0 Å². The molecule has 2 aromatic heterocycles. The van der Waals surface area contributed by atoms with Crippen LogP contribution in [0.15, 0.2) is 24.4 Å². The normalized spacial score (nSPS) is 10.3. The minimum absolute atomic E-state index is 0.000463. The molecule has 0 spiro atoms. The molecule has 0 saturated carbocycles. The van der Waals surface area contributed by atoms with Crippen molar-refractivity contribution in [2.45, 2.75) is 0 Å². The molecule has 0 N–H and O–H groups in total. The van der Waals surface area contributed by atoms with Crippen molar-refractivity contribution in [2.75, 3.05) is 7.11 Å². The Morgan fingerprint density at radius 2 is 2.23 bits per heavy atom. The molecular weight excluding hydrogens is 171 g/mol. The zero-order chi connectivity index (χ0) is 9.26. The quantitative estimate of drug-likeness (QED) is 0.667. The SMILES string of the molecule is COc1nc2cccnc2cc1F. The van der Waals surface area contributed by atoms with Gasteiger partial charge in [-0.3, -0.25) is 4.98 Å². The van der Waals surface area contributed by atoms with Crippen LogP contribution in [0.2, 0.25) is 0 Å². The molecule has 3 nitrogen and oxygen atoms in total. The number of rotatable bonds is 1. The van der Waals surface area contributed by atoms with Gasteiger partial charge in [-0.15, -0.1) is 0 Å². The zero-order valence-electron chi connectivity index (χ0n) is 6.99. The molecule has 0 unspecified atom stereocenters. The highest BCUT2D eigenvalue weighted by atomic mass is 19.1. The summed E-state index contributed by atoms with van der Waals surface area (Å²) in [7, 11) is 1.38. The summed E-state index contributed by atoms with van der Waals surface area (Å²) < 4.78 is 17.8. The second kappa shape index (κ2) is 2.97. The van der Waals surface area contributed by atoms with E-state index in [1.807, 2.05) is 0 Å². The van der Waals surface area contributed by atoms with Crippen molar-refractivity contribution in [3.05, 3.63) is 30.2 Å². The molecule has 0 aliphatic carbocycles. The molecule has 13 heavy (non-hydrogen) atoms. The summed E-state index contributed by atoms with van der Waals surface area (Å²) in [4.78, 5) is 7.89. The number of pyridine rings is 2. The molecule has 0 aromatic carbocycles. The lowest BCUT2D eigenvalue weighted by Crippen LogP contribution is -1.93. The summed E-state index contributed by atoms with van der Waals surface area (Å²) >= 11 is 0. The minimum atomic E-state index is -0.492. The van der Waals surface area contributed by atoms with Crippen LogP contribution in [0.4, 0.5) is 4.39 Å². The van der Waals surface area contributed by atoms with E-state index in [4.69, 9.17) is 4.74 Å². The monoisotopic (exact) mass is 178 g/mol. The van der Waals surface area contributed by atoms with Crippen LogP contribution in [-0.4, -0.2) is 17.1 Å². The van der Waals surface area contributed by atoms with Crippen molar-refractivity contribution >= 4 is 11.0 Å². The van der Waals surface area contributed by atoms with Crippen LogP contribution in [0.1, 0.15) is 0 Å². The van der Waals surface area contributed by atoms with E-state index < -0.39 is 5.82 Å². The molecule has 0 bridgehead atoms. The van der Waals surface area contributed by atoms with Crippen LogP contribution >= 0.6 is 0 Å². The van der Waals surface area contributed by atoms with Crippen LogP contribution in [0.3, 0.4) is 0 Å². The molecule has 0 saturated heterocycles. The number of methoxy groups -OCH3 is 1. The van der Waals surface area contributed by atoms with Gasteiger partial charge >= 0.3 is 0 Å². The minimum Gasteiger partial charge on any atom is -0.479 e. The Bertz CT molecular complexity index is 445. The fourth-order valence-corrected chi connectivity index (χ4v) is 1.10. The Morgan fingerprint density at radius 1 is 1.38 bits per heavy atom. The summed E-state index contributed by atoms with van der Waals surface area (Å²) in [6.07, 6.45) is 1.59. The Kier molecular flexibility index (Phi) is 1.81. The van der Waals surface area contributed by atoms with Crippen LogP contribution < -0.4 is 4.74 Å². The third-order valence-electron chi connectivity index (χ3n) is 1.70. The lowest BCUT2D eigenvalue weighted by Gasteiger charge is -2.01. The standard InChI is InChI=1S/C9H7FN2O/c1-13-9-6(10)5-8-7(12-9)3-2-4-11-8/h2-5H,1H3. The predicted octanol–water partition coefficient (Wildman–Crippen LogP) is 1.78. The average Bonchev–Trinajstić information content (AvgIpc) is 2.17. The van der Waals surface area contributed by atoms with Crippen LogP contribution in [0.5, 0.6) is 5.88 Å². The molecule has 2 heterocycles. The third-order valence-corrected chi connectivity index (χ3v) is 1.70. The summed E-state index contributed by atoms with van der Waals surface area (Å²) in [5.41, 5.74) is 1.15. The van der Waals surface area contributed by atoms with E-state index in [9.17, 15) is 4.39 Å². The van der Waals surface area contributed by atoms with Gasteiger partial charge in [-0.1, -0.05) is 0 Å². The average molecular weight is 178 g/mol. The van der Waals surface area contributed by atoms with E-state index in [0.29, 0.717) is 11.0 Å². The summed E-state index contributed by atoms with van der Waals surface area (Å²) in [5, 5.41) is 0. The van der Waals surface area contributed by atoms with Crippen LogP contribution in [0, 0.1) is 5.82 Å². The number of hydrogen-bond donors (Lipinski definition) is 0. The number of ether oxygens (including phenoxy) is 1. The summed E-state index contributed by atoms with van der Waals surface area (Å²) in [5.74, 6) is -0.491. The maximum atomic E-state index is 13.1. The first-order valence-electron chi connectivity index (χ1n) is 3.76. The molecule has 0 fully saturated rings. The molecule has 2 aromatic rings. The molecule has 4 heteroatoms. The number of halogens is 1. The van der Waals surface area contributed by atoms with Crippen molar-refractivity contribution < 1.29 is 9.13 Å². The fraction of sp³-hybridized carbons (Fsp3) is 0.111. The largest absolute Gasteiger partial charge is 0.479 e. The molecular formula is C9H7FN2O. The first-order chi connectivity index (χ1) is 6.31. The molecule has 0 radical (unpaired) electrons. The summed E-state index contributed by atoms with van der Waals surface area (Å²) in [6.45, 7) is 0. The molecule has 0 amide bonds. The fourth-order valence-electron chi connectivity index (χ4n) is 1.10. The van der Waals surface area contributed by atoms with E-state index in [-0.39, 0.29) is 5.88 Å². The van der Waals surface area contributed by atoms with Gasteiger partial charge in [0.1, 0.15) is 0 Å². The molecule has 0 aliphatic heterocycles. The molecule has 66 valence electrons. The van der Waals surface area contributed by atoms with Gasteiger partial charge in [0, 0.05) is 12.3 Å². The lowest BCUT2D eigenvalue weighted by molar-refractivity contribution is 0.371. The van der Waals surface area contributed by atoms with Gasteiger partial charge in [0.05, 0.1) is 18.1 Å². The predicted molar refractivity (Wildman–Crippen MR) is 46.0 cm³/mol. The Morgan fingerprint density at radius 3 is 3.00 bits per heavy atom. The van der Waals surface area contributed by atoms with Crippen molar-refractivity contribution in [1.82, 2.24) is 9.97 Å². The second-order valence-electron chi connectivity index (χ2n) is 2.52. The van der Waals surface area contributed by atoms with Crippen molar-refractivity contribution in [3.63, 3.8) is 0 Å². The van der Waals surface area contributed by atoms with Gasteiger partial charge in [0.25, 0.3) is 5.88 Å². The highest BCUT2D eigenvalue weighted by molar-refractivity contribution is 5.74. The topological polar surface area (TPSA) is 35.0 Å². The number of nitrogens with zero attached hydrogens (tertiary/aromatic N) is 2. The van der Waals surface area contributed by atoms with Crippen LogP contribution in [-0.2, 0) is 0 Å². The smallest absolute Gasteiger partial charge is 0.250 e. The van der Waals surface area contributed by atoms with Crippen molar-refractivity contribution in [1.29, 1.82) is 0 Å². The first kappa shape index (κ1) is 7.91. The third kappa shape index (κ3) is 1.30. The maximum Gasteiger partial charge on any atom is 0.250 e. The van der Waals surface area contributed by atoms with E-state index >= 15 is 0 Å². The van der Waals surface area contributed by atoms with Gasteiger partial charge in [-0.2, -0.15) is 0 Å². The molecule has 0 aliphatic rings. The Balaban J connectivity index is 2.74. The highest BCUT2D eigenvalue weighted by Gasteiger charge is 2.05. The number of hydrogen-bond acceptors (Lipinski definition) is 3. The maximum absolute atomic E-state index is 13.1. The van der Waals surface area contributed by atoms with Crippen LogP contribution in [0.25, 0.3) is 11.0 Å². The van der Waals surface area contributed by atoms with E-state index in [1.165, 1.54) is 13.2 Å².